The number of amides is 1. The third kappa shape index (κ3) is 5.29. The predicted octanol–water partition coefficient (Wildman–Crippen LogP) is 3.55. The van der Waals surface area contributed by atoms with Crippen LogP contribution >= 0.6 is 23.1 Å². The first-order valence-corrected chi connectivity index (χ1v) is 10.7. The first kappa shape index (κ1) is 20.3. The van der Waals surface area contributed by atoms with Gasteiger partial charge in [-0.1, -0.05) is 36.4 Å². The van der Waals surface area contributed by atoms with Crippen molar-refractivity contribution in [3.8, 4) is 17.1 Å². The minimum atomic E-state index is -0.153. The number of anilines is 1. The van der Waals surface area contributed by atoms with E-state index in [1.165, 1.54) is 23.1 Å². The third-order valence-electron chi connectivity index (χ3n) is 3.82. The molecule has 0 radical (unpaired) electrons. The average molecular weight is 419 g/mol. The highest BCUT2D eigenvalue weighted by molar-refractivity contribution is 7.99. The number of carbonyl (C=O) groups is 1. The number of hydrogen-bond acceptors (Lipinski definition) is 8. The van der Waals surface area contributed by atoms with Gasteiger partial charge in [-0.2, -0.15) is 0 Å². The van der Waals surface area contributed by atoms with Crippen molar-refractivity contribution in [1.82, 2.24) is 25.0 Å². The van der Waals surface area contributed by atoms with Crippen molar-refractivity contribution in [2.45, 2.75) is 31.8 Å². The van der Waals surface area contributed by atoms with Crippen LogP contribution in [0.1, 0.15) is 24.8 Å². The molecule has 0 atom stereocenters. The van der Waals surface area contributed by atoms with E-state index < -0.39 is 0 Å². The summed E-state index contributed by atoms with van der Waals surface area (Å²) in [5.41, 5.74) is 0.943. The van der Waals surface area contributed by atoms with Gasteiger partial charge in [-0.3, -0.25) is 10.1 Å². The van der Waals surface area contributed by atoms with Crippen LogP contribution in [0.25, 0.3) is 11.4 Å². The highest BCUT2D eigenvalue weighted by Crippen LogP contribution is 2.25. The maximum absolute atomic E-state index is 12.1. The quantitative estimate of drug-likeness (QED) is 0.419. The summed E-state index contributed by atoms with van der Waals surface area (Å²) >= 11 is 2.67. The molecule has 1 N–H and O–H groups in total. The molecular weight excluding hydrogens is 396 g/mol. The molecule has 28 heavy (non-hydrogen) atoms. The summed E-state index contributed by atoms with van der Waals surface area (Å²) < 4.78 is 7.56. The molecule has 0 spiro atoms. The zero-order valence-corrected chi connectivity index (χ0v) is 17.6. The maximum Gasteiger partial charge on any atom is 0.236 e. The molecule has 10 heteroatoms. The fourth-order valence-corrected chi connectivity index (χ4v) is 3.68. The Morgan fingerprint density at radius 1 is 1.21 bits per heavy atom. The summed E-state index contributed by atoms with van der Waals surface area (Å²) in [7, 11) is 1.88. The molecule has 148 valence electrons. The van der Waals surface area contributed by atoms with Gasteiger partial charge in [0.15, 0.2) is 11.0 Å². The van der Waals surface area contributed by atoms with E-state index >= 15 is 0 Å². The highest BCUT2D eigenvalue weighted by atomic mass is 32.2. The van der Waals surface area contributed by atoms with E-state index in [1.807, 2.05) is 42.8 Å². The van der Waals surface area contributed by atoms with Crippen LogP contribution in [0.15, 0.2) is 29.4 Å². The predicted molar refractivity (Wildman–Crippen MR) is 111 cm³/mol. The lowest BCUT2D eigenvalue weighted by atomic mass is 10.2. The average Bonchev–Trinajstić information content (AvgIpc) is 3.26. The Balaban J connectivity index is 1.58. The van der Waals surface area contributed by atoms with Crippen molar-refractivity contribution in [2.75, 3.05) is 17.7 Å². The van der Waals surface area contributed by atoms with Gasteiger partial charge in [0.1, 0.15) is 10.8 Å². The van der Waals surface area contributed by atoms with Crippen LogP contribution < -0.4 is 10.1 Å². The lowest BCUT2D eigenvalue weighted by molar-refractivity contribution is -0.113. The van der Waals surface area contributed by atoms with E-state index in [9.17, 15) is 4.79 Å². The first-order valence-electron chi connectivity index (χ1n) is 8.92. The summed E-state index contributed by atoms with van der Waals surface area (Å²) in [6.45, 7) is 4.70. The summed E-state index contributed by atoms with van der Waals surface area (Å²) in [5.74, 6) is 1.65. The Bertz CT molecular complexity index is 923. The largest absolute Gasteiger partial charge is 0.494 e. The Kier molecular flexibility index (Phi) is 6.99. The lowest BCUT2D eigenvalue weighted by Gasteiger charge is -2.07. The molecule has 0 aliphatic rings. The number of rotatable bonds is 9. The summed E-state index contributed by atoms with van der Waals surface area (Å²) in [6, 6.07) is 7.79. The van der Waals surface area contributed by atoms with Crippen LogP contribution in [0.2, 0.25) is 0 Å². The minimum Gasteiger partial charge on any atom is -0.494 e. The number of aromatic nitrogens is 5. The normalized spacial score (nSPS) is 10.8. The van der Waals surface area contributed by atoms with Gasteiger partial charge in [0.2, 0.25) is 11.0 Å². The van der Waals surface area contributed by atoms with Crippen molar-refractivity contribution in [3.05, 3.63) is 29.3 Å². The number of nitrogens with zero attached hydrogens (tertiary/aromatic N) is 5. The van der Waals surface area contributed by atoms with E-state index in [-0.39, 0.29) is 11.7 Å². The van der Waals surface area contributed by atoms with E-state index in [0.29, 0.717) is 10.3 Å². The molecule has 2 aromatic heterocycles. The molecule has 0 aliphatic heterocycles. The Morgan fingerprint density at radius 3 is 2.68 bits per heavy atom. The van der Waals surface area contributed by atoms with Crippen LogP contribution in [0.5, 0.6) is 5.75 Å². The second-order valence-electron chi connectivity index (χ2n) is 6.05. The number of hydrogen-bond donors (Lipinski definition) is 1. The molecule has 3 aromatic rings. The van der Waals surface area contributed by atoms with Crippen molar-refractivity contribution in [3.63, 3.8) is 0 Å². The number of thioether (sulfide) groups is 1. The van der Waals surface area contributed by atoms with E-state index in [1.54, 1.807) is 0 Å². The molecule has 0 aliphatic carbocycles. The van der Waals surface area contributed by atoms with Crippen LogP contribution in [0.4, 0.5) is 5.13 Å². The zero-order chi connectivity index (χ0) is 19.9. The summed E-state index contributed by atoms with van der Waals surface area (Å²) in [4.78, 5) is 12.1. The molecule has 3 rings (SSSR count). The maximum atomic E-state index is 12.1. The van der Waals surface area contributed by atoms with Gasteiger partial charge in [0, 0.05) is 12.6 Å². The van der Waals surface area contributed by atoms with Gasteiger partial charge < -0.3 is 9.30 Å². The van der Waals surface area contributed by atoms with Crippen LogP contribution in [0.3, 0.4) is 0 Å². The van der Waals surface area contributed by atoms with Gasteiger partial charge in [0.05, 0.1) is 12.4 Å². The van der Waals surface area contributed by atoms with Gasteiger partial charge in [0.25, 0.3) is 0 Å². The van der Waals surface area contributed by atoms with Crippen LogP contribution in [0, 0.1) is 6.92 Å². The standard InChI is InChI=1S/C18H22N6O2S2/c1-4-5-10-26-14-8-6-13(7-9-14)16-21-23-18(24(16)3)27-11-15(25)19-17-22-20-12(2)28-17/h6-9H,4-5,10-11H2,1-3H3,(H,19,22,25). The minimum absolute atomic E-state index is 0.153. The molecule has 0 saturated carbocycles. The van der Waals surface area contributed by atoms with E-state index in [0.717, 1.165) is 41.6 Å². The van der Waals surface area contributed by atoms with Crippen LogP contribution in [-0.2, 0) is 11.8 Å². The van der Waals surface area contributed by atoms with Crippen molar-refractivity contribution in [2.24, 2.45) is 7.05 Å². The molecule has 1 aromatic carbocycles. The van der Waals surface area contributed by atoms with Crippen molar-refractivity contribution < 1.29 is 9.53 Å². The van der Waals surface area contributed by atoms with Crippen molar-refractivity contribution >= 4 is 34.1 Å². The second kappa shape index (κ2) is 9.65. The Labute approximate surface area is 171 Å². The molecule has 0 bridgehead atoms. The first-order chi connectivity index (χ1) is 13.6. The fraction of sp³-hybridized carbons (Fsp3) is 0.389. The van der Waals surface area contributed by atoms with Gasteiger partial charge >= 0.3 is 0 Å². The van der Waals surface area contributed by atoms with Crippen molar-refractivity contribution in [1.29, 1.82) is 0 Å². The molecule has 0 unspecified atom stereocenters. The third-order valence-corrected chi connectivity index (χ3v) is 5.59. The molecule has 8 nitrogen and oxygen atoms in total. The molecule has 0 saturated heterocycles. The second-order valence-corrected chi connectivity index (χ2v) is 8.18. The fourth-order valence-electron chi connectivity index (χ4n) is 2.36. The number of aryl methyl sites for hydroxylation is 1. The molecular formula is C18H22N6O2S2. The molecule has 1 amide bonds. The Hall–Kier alpha value is -2.46. The summed E-state index contributed by atoms with van der Waals surface area (Å²) in [5, 5.41) is 20.9. The van der Waals surface area contributed by atoms with E-state index in [4.69, 9.17) is 4.74 Å². The Morgan fingerprint density at radius 2 is 2.00 bits per heavy atom. The highest BCUT2D eigenvalue weighted by Gasteiger charge is 2.14. The van der Waals surface area contributed by atoms with Gasteiger partial charge in [-0.05, 0) is 37.6 Å². The smallest absolute Gasteiger partial charge is 0.236 e. The number of unbranched alkanes of at least 4 members (excludes halogenated alkanes) is 1. The summed E-state index contributed by atoms with van der Waals surface area (Å²) in [6.07, 6.45) is 2.15. The number of benzene rings is 1. The topological polar surface area (TPSA) is 94.8 Å². The van der Waals surface area contributed by atoms with Crippen LogP contribution in [-0.4, -0.2) is 43.2 Å². The number of carbonyl (C=O) groups excluding carboxylic acids is 1. The number of nitrogens with one attached hydrogen (secondary N) is 1. The SMILES string of the molecule is CCCCOc1ccc(-c2nnc(SCC(=O)Nc3nnc(C)s3)n2C)cc1. The van der Waals surface area contributed by atoms with Gasteiger partial charge in [-0.15, -0.1) is 20.4 Å². The number of ether oxygens (including phenoxy) is 1. The monoisotopic (exact) mass is 418 g/mol. The lowest BCUT2D eigenvalue weighted by Crippen LogP contribution is -2.14. The molecule has 0 fully saturated rings. The zero-order valence-electron chi connectivity index (χ0n) is 16.0. The van der Waals surface area contributed by atoms with E-state index in [2.05, 4.69) is 32.6 Å². The molecule has 2 heterocycles. The van der Waals surface area contributed by atoms with Gasteiger partial charge in [-0.25, -0.2) is 0 Å².